The number of nitrogens with one attached hydrogen (secondary N) is 1. The smallest absolute Gasteiger partial charge is 0.316 e. The SMILES string of the molecule is Cc1cc(C)c(C)c(NCC2(C(=O)O)COC2)c1C. The third kappa shape index (κ3) is 2.32. The summed E-state index contributed by atoms with van der Waals surface area (Å²) in [7, 11) is 0. The maximum Gasteiger partial charge on any atom is 0.316 e. The van der Waals surface area contributed by atoms with Crippen LogP contribution < -0.4 is 5.32 Å². The molecular formula is C15H21NO3. The molecule has 0 aromatic heterocycles. The molecule has 1 aliphatic heterocycles. The number of carbonyl (C=O) groups is 1. The van der Waals surface area contributed by atoms with Crippen LogP contribution in [-0.4, -0.2) is 30.8 Å². The Balaban J connectivity index is 2.22. The first-order valence-electron chi connectivity index (χ1n) is 6.50. The molecule has 1 aromatic rings. The van der Waals surface area contributed by atoms with E-state index in [-0.39, 0.29) is 13.2 Å². The molecule has 1 aromatic carbocycles. The fourth-order valence-corrected chi connectivity index (χ4v) is 2.39. The normalized spacial score (nSPS) is 16.8. The molecule has 0 bridgehead atoms. The van der Waals surface area contributed by atoms with Crippen LogP contribution in [0, 0.1) is 33.1 Å². The Morgan fingerprint density at radius 2 is 1.79 bits per heavy atom. The lowest BCUT2D eigenvalue weighted by molar-refractivity contribution is -0.176. The molecule has 0 spiro atoms. The summed E-state index contributed by atoms with van der Waals surface area (Å²) in [5.41, 5.74) is 5.11. The van der Waals surface area contributed by atoms with Crippen molar-refractivity contribution in [3.05, 3.63) is 28.3 Å². The van der Waals surface area contributed by atoms with E-state index in [4.69, 9.17) is 4.74 Å². The number of anilines is 1. The van der Waals surface area contributed by atoms with Crippen LogP contribution in [0.15, 0.2) is 6.07 Å². The molecule has 4 nitrogen and oxygen atoms in total. The van der Waals surface area contributed by atoms with Crippen molar-refractivity contribution < 1.29 is 14.6 Å². The van der Waals surface area contributed by atoms with Crippen LogP contribution in [0.1, 0.15) is 22.3 Å². The largest absolute Gasteiger partial charge is 0.481 e. The number of hydrogen-bond acceptors (Lipinski definition) is 3. The first-order valence-corrected chi connectivity index (χ1v) is 6.50. The quantitative estimate of drug-likeness (QED) is 0.876. The predicted molar refractivity (Wildman–Crippen MR) is 74.8 cm³/mol. The predicted octanol–water partition coefficient (Wildman–Crippen LogP) is 2.43. The number of rotatable bonds is 4. The maximum atomic E-state index is 11.3. The Kier molecular flexibility index (Phi) is 3.54. The van der Waals surface area contributed by atoms with Crippen molar-refractivity contribution in [1.82, 2.24) is 0 Å². The van der Waals surface area contributed by atoms with E-state index in [2.05, 4.69) is 39.1 Å². The van der Waals surface area contributed by atoms with Crippen LogP contribution in [0.5, 0.6) is 0 Å². The fourth-order valence-electron chi connectivity index (χ4n) is 2.39. The molecule has 19 heavy (non-hydrogen) atoms. The van der Waals surface area contributed by atoms with Crippen LogP contribution >= 0.6 is 0 Å². The minimum Gasteiger partial charge on any atom is -0.481 e. The lowest BCUT2D eigenvalue weighted by atomic mass is 9.85. The highest BCUT2D eigenvalue weighted by molar-refractivity contribution is 5.77. The zero-order valence-corrected chi connectivity index (χ0v) is 12.0. The number of ether oxygens (including phenoxy) is 1. The lowest BCUT2D eigenvalue weighted by Gasteiger charge is -2.38. The Morgan fingerprint density at radius 1 is 1.26 bits per heavy atom. The summed E-state index contributed by atoms with van der Waals surface area (Å²) in [6.07, 6.45) is 0. The van der Waals surface area contributed by atoms with Gasteiger partial charge in [-0.2, -0.15) is 0 Å². The number of carboxylic acid groups (broad SMARTS) is 1. The average Bonchev–Trinajstić information content (AvgIpc) is 2.28. The van der Waals surface area contributed by atoms with Gasteiger partial charge in [0.05, 0.1) is 13.2 Å². The number of benzene rings is 1. The molecule has 4 heteroatoms. The van der Waals surface area contributed by atoms with Crippen molar-refractivity contribution in [2.24, 2.45) is 5.41 Å². The third-order valence-corrected chi connectivity index (χ3v) is 4.18. The zero-order chi connectivity index (χ0) is 14.2. The molecular weight excluding hydrogens is 242 g/mol. The topological polar surface area (TPSA) is 58.6 Å². The van der Waals surface area contributed by atoms with Crippen LogP contribution in [0.3, 0.4) is 0 Å². The number of hydrogen-bond donors (Lipinski definition) is 2. The molecule has 0 atom stereocenters. The standard InChI is InChI=1S/C15H21NO3/c1-9-5-10(2)12(4)13(11(9)3)16-6-15(14(17)18)7-19-8-15/h5,16H,6-8H2,1-4H3,(H,17,18). The van der Waals surface area contributed by atoms with E-state index in [1.165, 1.54) is 22.3 Å². The van der Waals surface area contributed by atoms with E-state index in [9.17, 15) is 9.90 Å². The van der Waals surface area contributed by atoms with Gasteiger partial charge >= 0.3 is 5.97 Å². The van der Waals surface area contributed by atoms with Crippen molar-refractivity contribution in [3.63, 3.8) is 0 Å². The monoisotopic (exact) mass is 263 g/mol. The summed E-state index contributed by atoms with van der Waals surface area (Å²) in [6, 6.07) is 2.16. The number of aryl methyl sites for hydroxylation is 2. The Labute approximate surface area is 113 Å². The van der Waals surface area contributed by atoms with Gasteiger partial charge in [-0.05, 0) is 49.9 Å². The molecule has 0 unspecified atom stereocenters. The van der Waals surface area contributed by atoms with Crippen LogP contribution in [0.4, 0.5) is 5.69 Å². The number of carboxylic acids is 1. The molecule has 0 saturated carbocycles. The average molecular weight is 263 g/mol. The summed E-state index contributed by atoms with van der Waals surface area (Å²) in [5, 5.41) is 12.6. The van der Waals surface area contributed by atoms with Crippen molar-refractivity contribution in [3.8, 4) is 0 Å². The van der Waals surface area contributed by atoms with Crippen molar-refractivity contribution >= 4 is 11.7 Å². The molecule has 0 aliphatic carbocycles. The van der Waals surface area contributed by atoms with Gasteiger partial charge in [0.25, 0.3) is 0 Å². The molecule has 0 amide bonds. The van der Waals surface area contributed by atoms with Gasteiger partial charge in [0.1, 0.15) is 5.41 Å². The minimum atomic E-state index is -0.786. The van der Waals surface area contributed by atoms with Gasteiger partial charge in [-0.15, -0.1) is 0 Å². The molecule has 104 valence electrons. The summed E-state index contributed by atoms with van der Waals surface area (Å²) in [6.45, 7) is 9.27. The molecule has 2 rings (SSSR count). The third-order valence-electron chi connectivity index (χ3n) is 4.18. The lowest BCUT2D eigenvalue weighted by Crippen LogP contribution is -2.53. The van der Waals surface area contributed by atoms with Gasteiger partial charge in [-0.3, -0.25) is 4.79 Å². The van der Waals surface area contributed by atoms with Gasteiger partial charge in [-0.1, -0.05) is 6.07 Å². The van der Waals surface area contributed by atoms with Crippen LogP contribution in [0.25, 0.3) is 0 Å². The highest BCUT2D eigenvalue weighted by Gasteiger charge is 2.46. The van der Waals surface area contributed by atoms with Gasteiger partial charge in [0.15, 0.2) is 0 Å². The zero-order valence-electron chi connectivity index (χ0n) is 12.0. The van der Waals surface area contributed by atoms with E-state index in [1.54, 1.807) is 0 Å². The fraction of sp³-hybridized carbons (Fsp3) is 0.533. The van der Waals surface area contributed by atoms with Crippen LogP contribution in [-0.2, 0) is 9.53 Å². The molecule has 1 saturated heterocycles. The van der Waals surface area contributed by atoms with E-state index in [0.29, 0.717) is 6.54 Å². The summed E-state index contributed by atoms with van der Waals surface area (Å²) in [4.78, 5) is 11.3. The van der Waals surface area contributed by atoms with Gasteiger partial charge in [-0.25, -0.2) is 0 Å². The summed E-state index contributed by atoms with van der Waals surface area (Å²) in [5.74, 6) is -0.786. The van der Waals surface area contributed by atoms with Crippen LogP contribution in [0.2, 0.25) is 0 Å². The van der Waals surface area contributed by atoms with Crippen molar-refractivity contribution in [2.75, 3.05) is 25.1 Å². The minimum absolute atomic E-state index is 0.290. The van der Waals surface area contributed by atoms with Gasteiger partial charge in [0.2, 0.25) is 0 Å². The first kappa shape index (κ1) is 13.9. The Hall–Kier alpha value is -1.55. The highest BCUT2D eigenvalue weighted by Crippen LogP contribution is 2.31. The van der Waals surface area contributed by atoms with Crippen molar-refractivity contribution in [1.29, 1.82) is 0 Å². The van der Waals surface area contributed by atoms with Crippen molar-refractivity contribution in [2.45, 2.75) is 27.7 Å². The van der Waals surface area contributed by atoms with E-state index >= 15 is 0 Å². The summed E-state index contributed by atoms with van der Waals surface area (Å²) < 4.78 is 5.08. The molecule has 1 aliphatic rings. The Bertz CT molecular complexity index is 492. The van der Waals surface area contributed by atoms with E-state index < -0.39 is 11.4 Å². The highest BCUT2D eigenvalue weighted by atomic mass is 16.5. The van der Waals surface area contributed by atoms with E-state index in [1.807, 2.05) is 0 Å². The first-order chi connectivity index (χ1) is 8.87. The molecule has 2 N–H and O–H groups in total. The summed E-state index contributed by atoms with van der Waals surface area (Å²) >= 11 is 0. The second-order valence-electron chi connectivity index (χ2n) is 5.57. The second kappa shape index (κ2) is 4.85. The number of aliphatic carboxylic acids is 1. The maximum absolute atomic E-state index is 11.3. The molecule has 1 fully saturated rings. The van der Waals surface area contributed by atoms with E-state index in [0.717, 1.165) is 5.69 Å². The second-order valence-corrected chi connectivity index (χ2v) is 5.57. The Morgan fingerprint density at radius 3 is 2.16 bits per heavy atom. The molecule has 0 radical (unpaired) electrons. The van der Waals surface area contributed by atoms with Gasteiger partial charge in [0, 0.05) is 12.2 Å². The molecule has 1 heterocycles. The van der Waals surface area contributed by atoms with Gasteiger partial charge < -0.3 is 15.2 Å².